The number of rotatable bonds is 11. The van der Waals surface area contributed by atoms with Crippen molar-refractivity contribution >= 4 is 15.9 Å². The minimum absolute atomic E-state index is 0.0473. The van der Waals surface area contributed by atoms with Gasteiger partial charge in [-0.1, -0.05) is 68.7 Å². The minimum atomic E-state index is -4.07. The Morgan fingerprint density at radius 2 is 1.73 bits per heavy atom. The van der Waals surface area contributed by atoms with Gasteiger partial charge in [0.15, 0.2) is 5.75 Å². The summed E-state index contributed by atoms with van der Waals surface area (Å²) in [6.07, 6.45) is 9.16. The highest BCUT2D eigenvalue weighted by atomic mass is 32.2. The first-order valence-corrected chi connectivity index (χ1v) is 16.4. The third-order valence-electron chi connectivity index (χ3n) is 8.03. The number of aryl methyl sites for hydroxylation is 2. The number of aromatic nitrogens is 4. The van der Waals surface area contributed by atoms with Gasteiger partial charge < -0.3 is 4.74 Å². The summed E-state index contributed by atoms with van der Waals surface area (Å²) in [5.74, 6) is 0.498. The lowest BCUT2D eigenvalue weighted by molar-refractivity contribution is -0.122. The lowest BCUT2D eigenvalue weighted by Gasteiger charge is -2.15. The Morgan fingerprint density at radius 3 is 2.39 bits per heavy atom. The average molecular weight is 616 g/mol. The normalized spacial score (nSPS) is 13.6. The van der Waals surface area contributed by atoms with Crippen LogP contribution in [-0.4, -0.2) is 41.0 Å². The molecule has 230 valence electrons. The maximum Gasteiger partial charge on any atom is 0.264 e. The highest BCUT2D eigenvalue weighted by Gasteiger charge is 2.28. The second kappa shape index (κ2) is 13.5. The summed E-state index contributed by atoms with van der Waals surface area (Å²) < 4.78 is 35.4. The molecule has 0 bridgehead atoms. The summed E-state index contributed by atoms with van der Waals surface area (Å²) in [6, 6.07) is 14.1. The summed E-state index contributed by atoms with van der Waals surface area (Å²) in [5.41, 5.74) is 3.12. The molecule has 1 amide bonds. The predicted molar refractivity (Wildman–Crippen MR) is 167 cm³/mol. The lowest BCUT2D eigenvalue weighted by Crippen LogP contribution is -2.35. The van der Waals surface area contributed by atoms with E-state index in [-0.39, 0.29) is 22.3 Å². The molecule has 0 radical (unpaired) electrons. The van der Waals surface area contributed by atoms with Crippen LogP contribution in [0.15, 0.2) is 70.6 Å². The molecule has 0 aliphatic heterocycles. The monoisotopic (exact) mass is 615 g/mol. The van der Waals surface area contributed by atoms with Gasteiger partial charge in [0.05, 0.1) is 30.1 Å². The highest BCUT2D eigenvalue weighted by Crippen LogP contribution is 2.30. The van der Waals surface area contributed by atoms with Gasteiger partial charge in [-0.15, -0.1) is 0 Å². The zero-order valence-corrected chi connectivity index (χ0v) is 26.1. The topological polar surface area (TPSA) is 133 Å². The Morgan fingerprint density at radius 1 is 1.05 bits per heavy atom. The van der Waals surface area contributed by atoms with Crippen LogP contribution >= 0.6 is 0 Å². The van der Waals surface area contributed by atoms with Crippen molar-refractivity contribution in [1.82, 2.24) is 24.2 Å². The Hall–Kier alpha value is -4.38. The van der Waals surface area contributed by atoms with Gasteiger partial charge in [0.25, 0.3) is 15.6 Å². The number of methoxy groups -OCH3 is 1. The van der Waals surface area contributed by atoms with Crippen LogP contribution in [0, 0.1) is 12.8 Å². The third-order valence-corrected chi connectivity index (χ3v) is 9.44. The van der Waals surface area contributed by atoms with Gasteiger partial charge in [-0.25, -0.2) is 32.7 Å². The molecule has 10 nitrogen and oxygen atoms in total. The van der Waals surface area contributed by atoms with Crippen molar-refractivity contribution in [2.45, 2.75) is 70.1 Å². The van der Waals surface area contributed by atoms with E-state index in [1.165, 1.54) is 30.1 Å². The second-order valence-electron chi connectivity index (χ2n) is 11.1. The first-order valence-electron chi connectivity index (χ1n) is 14.9. The van der Waals surface area contributed by atoms with E-state index in [1.807, 2.05) is 24.3 Å². The maximum atomic E-state index is 13.9. The molecular formula is C33H37N5O5S. The Labute approximate surface area is 257 Å². The largest absolute Gasteiger partial charge is 0.494 e. The second-order valence-corrected chi connectivity index (χ2v) is 12.7. The van der Waals surface area contributed by atoms with E-state index >= 15 is 0 Å². The number of hydrogen-bond acceptors (Lipinski definition) is 8. The molecule has 0 spiro atoms. The van der Waals surface area contributed by atoms with Gasteiger partial charge in [-0.2, -0.15) is 0 Å². The molecule has 2 heterocycles. The molecule has 1 saturated carbocycles. The molecule has 1 N–H and O–H groups in total. The third kappa shape index (κ3) is 6.72. The first kappa shape index (κ1) is 31.1. The van der Waals surface area contributed by atoms with E-state index < -0.39 is 15.9 Å². The van der Waals surface area contributed by atoms with Crippen molar-refractivity contribution in [3.63, 3.8) is 0 Å². The Balaban J connectivity index is 1.45. The number of amides is 1. The zero-order chi connectivity index (χ0) is 31.3. The van der Waals surface area contributed by atoms with Gasteiger partial charge in [-0.05, 0) is 49.8 Å². The molecular weight excluding hydrogens is 578 g/mol. The van der Waals surface area contributed by atoms with Crippen LogP contribution in [0.3, 0.4) is 0 Å². The summed E-state index contributed by atoms with van der Waals surface area (Å²) in [7, 11) is -2.54. The van der Waals surface area contributed by atoms with E-state index in [0.717, 1.165) is 36.9 Å². The van der Waals surface area contributed by atoms with Crippen LogP contribution in [0.1, 0.15) is 68.1 Å². The van der Waals surface area contributed by atoms with Crippen molar-refractivity contribution < 1.29 is 17.9 Å². The standard InChI is InChI=1S/C33H37N5O5S/c1-4-5-13-29-28(32(40)38(22(2)36-29)33-34-20-26(43-3)21-35-33)19-23-15-17-24(18-16-23)27-12-8-9-14-30(27)44(41,42)37-31(39)25-10-6-7-11-25/h8-9,12,14-18,20-21,25H,4-7,10-11,13,19H2,1-3H3,(H,37,39). The number of nitrogens with zero attached hydrogens (tertiary/aromatic N) is 4. The van der Waals surface area contributed by atoms with Crippen molar-refractivity contribution in [3.05, 3.63) is 93.9 Å². The number of hydrogen-bond donors (Lipinski definition) is 1. The van der Waals surface area contributed by atoms with Gasteiger partial charge >= 0.3 is 0 Å². The van der Waals surface area contributed by atoms with Crippen LogP contribution in [0.5, 0.6) is 5.75 Å². The molecule has 1 aliphatic rings. The number of unbranched alkanes of at least 4 members (excludes halogenated alkanes) is 1. The van der Waals surface area contributed by atoms with Crippen LogP contribution in [0.25, 0.3) is 17.1 Å². The van der Waals surface area contributed by atoms with Gasteiger partial charge in [0, 0.05) is 23.5 Å². The fourth-order valence-electron chi connectivity index (χ4n) is 5.62. The van der Waals surface area contributed by atoms with Crippen LogP contribution < -0.4 is 15.0 Å². The molecule has 5 rings (SSSR count). The van der Waals surface area contributed by atoms with Crippen LogP contribution in [0.4, 0.5) is 0 Å². The molecule has 0 atom stereocenters. The number of carbonyl (C=O) groups is 1. The zero-order valence-electron chi connectivity index (χ0n) is 25.2. The minimum Gasteiger partial charge on any atom is -0.494 e. The van der Waals surface area contributed by atoms with Crippen LogP contribution in [-0.2, 0) is 27.7 Å². The van der Waals surface area contributed by atoms with E-state index in [2.05, 4.69) is 21.6 Å². The molecule has 0 saturated heterocycles. The van der Waals surface area contributed by atoms with E-state index in [9.17, 15) is 18.0 Å². The van der Waals surface area contributed by atoms with Crippen molar-refractivity contribution in [1.29, 1.82) is 0 Å². The highest BCUT2D eigenvalue weighted by molar-refractivity contribution is 7.90. The number of carbonyl (C=O) groups excluding carboxylic acids is 1. The summed E-state index contributed by atoms with van der Waals surface area (Å²) >= 11 is 0. The smallest absolute Gasteiger partial charge is 0.264 e. The predicted octanol–water partition coefficient (Wildman–Crippen LogP) is 4.94. The quantitative estimate of drug-likeness (QED) is 0.251. The van der Waals surface area contributed by atoms with Gasteiger partial charge in [0.1, 0.15) is 5.82 Å². The molecule has 1 fully saturated rings. The van der Waals surface area contributed by atoms with E-state index in [1.54, 1.807) is 25.1 Å². The Kier molecular flexibility index (Phi) is 9.53. The molecule has 4 aromatic rings. The maximum absolute atomic E-state index is 13.9. The molecule has 2 aromatic heterocycles. The molecule has 1 aliphatic carbocycles. The first-order chi connectivity index (χ1) is 21.2. The lowest BCUT2D eigenvalue weighted by atomic mass is 9.98. The Bertz CT molecular complexity index is 1800. The summed E-state index contributed by atoms with van der Waals surface area (Å²) in [4.78, 5) is 40.0. The molecule has 2 aromatic carbocycles. The SMILES string of the molecule is CCCCc1nc(C)n(-c2ncc(OC)cn2)c(=O)c1Cc1ccc(-c2ccccc2S(=O)(=O)NC(=O)C2CCCC2)cc1. The van der Waals surface area contributed by atoms with Crippen LogP contribution in [0.2, 0.25) is 0 Å². The van der Waals surface area contributed by atoms with E-state index in [4.69, 9.17) is 9.72 Å². The number of benzene rings is 2. The number of ether oxygens (including phenoxy) is 1. The number of sulfonamides is 1. The van der Waals surface area contributed by atoms with Crippen molar-refractivity contribution in [2.24, 2.45) is 5.92 Å². The fraction of sp³-hybridized carbons (Fsp3) is 0.364. The number of nitrogens with one attached hydrogen (secondary N) is 1. The van der Waals surface area contributed by atoms with Gasteiger partial charge in [0.2, 0.25) is 11.9 Å². The van der Waals surface area contributed by atoms with Crippen molar-refractivity contribution in [2.75, 3.05) is 7.11 Å². The van der Waals surface area contributed by atoms with Crippen molar-refractivity contribution in [3.8, 4) is 22.8 Å². The summed E-state index contributed by atoms with van der Waals surface area (Å²) in [6.45, 7) is 3.86. The fourth-order valence-corrected chi connectivity index (χ4v) is 6.89. The molecule has 44 heavy (non-hydrogen) atoms. The summed E-state index contributed by atoms with van der Waals surface area (Å²) in [5, 5.41) is 0. The molecule has 11 heteroatoms. The molecule has 0 unspecified atom stereocenters. The van der Waals surface area contributed by atoms with E-state index in [0.29, 0.717) is 53.9 Å². The average Bonchev–Trinajstić information content (AvgIpc) is 3.58. The van der Waals surface area contributed by atoms with Gasteiger partial charge in [-0.3, -0.25) is 9.59 Å².